The summed E-state index contributed by atoms with van der Waals surface area (Å²) < 4.78 is 47.1. The maximum absolute atomic E-state index is 13.0. The third-order valence-electron chi connectivity index (χ3n) is 10.1. The number of nitrogens with one attached hydrogen (secondary N) is 1. The summed E-state index contributed by atoms with van der Waals surface area (Å²) in [7, 11) is -5.11. The second-order valence-electron chi connectivity index (χ2n) is 15.1. The van der Waals surface area contributed by atoms with Crippen LogP contribution in [-0.4, -0.2) is 107 Å². The van der Waals surface area contributed by atoms with Gasteiger partial charge in [-0.15, -0.1) is 0 Å². The zero-order valence-corrected chi connectivity index (χ0v) is 34.7. The van der Waals surface area contributed by atoms with Gasteiger partial charge in [-0.2, -0.15) is 8.42 Å². The summed E-state index contributed by atoms with van der Waals surface area (Å²) in [6, 6.07) is -1.12. The van der Waals surface area contributed by atoms with Crippen molar-refractivity contribution in [3.05, 3.63) is 24.3 Å². The highest BCUT2D eigenvalue weighted by molar-refractivity contribution is 7.80. The third kappa shape index (κ3) is 25.5. The third-order valence-corrected chi connectivity index (χ3v) is 10.5. The SMILES string of the molecule is CCCCC/C=C/C(O)C(COC1OC(CO)C(O)C(OS(=O)(=O)O)C1O)NC(=O)C(O)CCCCCCCC/C=C\CCCCCCCCCCCCC. The van der Waals surface area contributed by atoms with Crippen molar-refractivity contribution in [2.45, 2.75) is 217 Å². The van der Waals surface area contributed by atoms with Crippen molar-refractivity contribution in [2.24, 2.45) is 0 Å². The van der Waals surface area contributed by atoms with Crippen LogP contribution >= 0.6 is 0 Å². The van der Waals surface area contributed by atoms with Crippen LogP contribution in [0, 0.1) is 0 Å². The zero-order chi connectivity index (χ0) is 40.7. The van der Waals surface area contributed by atoms with Gasteiger partial charge in [0.15, 0.2) is 6.29 Å². The maximum atomic E-state index is 13.0. The van der Waals surface area contributed by atoms with Crippen LogP contribution in [0.4, 0.5) is 0 Å². The number of rotatable bonds is 35. The number of unbranched alkanes of at least 4 members (excludes halogenated alkanes) is 20. The molecule has 55 heavy (non-hydrogen) atoms. The Morgan fingerprint density at radius 1 is 0.727 bits per heavy atom. The number of carbonyl (C=O) groups is 1. The first-order chi connectivity index (χ1) is 26.4. The summed E-state index contributed by atoms with van der Waals surface area (Å²) in [4.78, 5) is 13.0. The van der Waals surface area contributed by atoms with Crippen molar-refractivity contribution in [3.63, 3.8) is 0 Å². The Morgan fingerprint density at radius 2 is 1.20 bits per heavy atom. The number of hydrogen-bond acceptors (Lipinski definition) is 11. The standard InChI is InChI=1S/C41H77NO12S/c1-3-5-7-9-10-11-12-13-14-15-16-17-18-19-20-21-22-23-24-26-28-30-35(45)40(48)42-33(34(44)29-27-25-8-6-4-2)32-52-41-38(47)39(54-55(49,50)51)37(46)36(31-43)53-41/h18-19,27,29,33-39,41,43-47H,3-17,20-26,28,30-32H2,1-2H3,(H,42,48)(H,49,50,51)/b19-18-,29-27+. The average Bonchev–Trinajstić information content (AvgIpc) is 3.15. The normalized spacial score (nSPS) is 22.4. The summed E-state index contributed by atoms with van der Waals surface area (Å²) in [6.07, 6.45) is 23.5. The molecule has 0 aromatic rings. The van der Waals surface area contributed by atoms with Crippen molar-refractivity contribution in [3.8, 4) is 0 Å². The highest BCUT2D eigenvalue weighted by Gasteiger charge is 2.48. The molecule has 1 aliphatic rings. The molecular formula is C41H77NO12S. The Bertz CT molecular complexity index is 1110. The zero-order valence-electron chi connectivity index (χ0n) is 33.9. The molecule has 0 saturated carbocycles. The lowest BCUT2D eigenvalue weighted by atomic mass is 9.99. The van der Waals surface area contributed by atoms with Gasteiger partial charge in [0.05, 0.1) is 25.4 Å². The van der Waals surface area contributed by atoms with Gasteiger partial charge in [0.2, 0.25) is 5.91 Å². The van der Waals surface area contributed by atoms with E-state index in [0.717, 1.165) is 57.8 Å². The number of hydrogen-bond donors (Lipinski definition) is 7. The number of allylic oxidation sites excluding steroid dienone is 3. The highest BCUT2D eigenvalue weighted by atomic mass is 32.3. The molecule has 1 fully saturated rings. The molecule has 1 heterocycles. The lowest BCUT2D eigenvalue weighted by Crippen LogP contribution is -2.61. The lowest BCUT2D eigenvalue weighted by Gasteiger charge is -2.41. The predicted octanol–water partition coefficient (Wildman–Crippen LogP) is 6.35. The monoisotopic (exact) mass is 808 g/mol. The summed E-state index contributed by atoms with van der Waals surface area (Å²) >= 11 is 0. The maximum Gasteiger partial charge on any atom is 0.397 e. The van der Waals surface area contributed by atoms with Gasteiger partial charge in [-0.1, -0.05) is 147 Å². The van der Waals surface area contributed by atoms with Crippen LogP contribution in [0.2, 0.25) is 0 Å². The molecule has 7 N–H and O–H groups in total. The van der Waals surface area contributed by atoms with Crippen LogP contribution in [0.1, 0.15) is 168 Å². The van der Waals surface area contributed by atoms with E-state index in [1.54, 1.807) is 6.08 Å². The smallest absolute Gasteiger partial charge is 0.394 e. The van der Waals surface area contributed by atoms with Crippen LogP contribution in [0.5, 0.6) is 0 Å². The van der Waals surface area contributed by atoms with E-state index >= 15 is 0 Å². The van der Waals surface area contributed by atoms with Gasteiger partial charge in [0, 0.05) is 0 Å². The van der Waals surface area contributed by atoms with E-state index < -0.39 is 78.5 Å². The first-order valence-electron chi connectivity index (χ1n) is 21.3. The second-order valence-corrected chi connectivity index (χ2v) is 16.1. The molecule has 0 aromatic carbocycles. The summed E-state index contributed by atoms with van der Waals surface area (Å²) in [5, 5.41) is 54.6. The first kappa shape index (κ1) is 51.6. The van der Waals surface area contributed by atoms with Gasteiger partial charge < -0.3 is 40.3 Å². The summed E-state index contributed by atoms with van der Waals surface area (Å²) in [5.74, 6) is -0.715. The van der Waals surface area contributed by atoms with Crippen LogP contribution < -0.4 is 5.32 Å². The van der Waals surface area contributed by atoms with Gasteiger partial charge in [-0.3, -0.25) is 9.35 Å². The molecule has 324 valence electrons. The quantitative estimate of drug-likeness (QED) is 0.0212. The van der Waals surface area contributed by atoms with Gasteiger partial charge in [0.25, 0.3) is 0 Å². The van der Waals surface area contributed by atoms with Crippen molar-refractivity contribution >= 4 is 16.3 Å². The Kier molecular flexibility index (Phi) is 30.5. The molecule has 1 aliphatic heterocycles. The van der Waals surface area contributed by atoms with Crippen LogP contribution in [0.25, 0.3) is 0 Å². The Balaban J connectivity index is 2.41. The van der Waals surface area contributed by atoms with E-state index in [1.165, 1.54) is 83.1 Å². The van der Waals surface area contributed by atoms with E-state index in [-0.39, 0.29) is 6.42 Å². The number of aliphatic hydroxyl groups is 5. The molecule has 0 spiro atoms. The molecule has 8 atom stereocenters. The lowest BCUT2D eigenvalue weighted by molar-refractivity contribution is -0.298. The van der Waals surface area contributed by atoms with Crippen LogP contribution in [0.15, 0.2) is 24.3 Å². The van der Waals surface area contributed by atoms with Crippen LogP contribution in [0.3, 0.4) is 0 Å². The van der Waals surface area contributed by atoms with Gasteiger partial charge in [-0.05, 0) is 44.9 Å². The molecule has 0 aromatic heterocycles. The van der Waals surface area contributed by atoms with E-state index in [9.17, 15) is 38.7 Å². The minimum atomic E-state index is -5.11. The van der Waals surface area contributed by atoms with E-state index in [1.807, 2.05) is 0 Å². The average molecular weight is 808 g/mol. The van der Waals surface area contributed by atoms with Crippen molar-refractivity contribution in [2.75, 3.05) is 13.2 Å². The van der Waals surface area contributed by atoms with Gasteiger partial charge in [0.1, 0.15) is 30.5 Å². The fourth-order valence-corrected chi connectivity index (χ4v) is 7.14. The molecule has 1 saturated heterocycles. The molecule has 0 radical (unpaired) electrons. The molecule has 8 unspecified atom stereocenters. The summed E-state index contributed by atoms with van der Waals surface area (Å²) in [6.45, 7) is 3.06. The van der Waals surface area contributed by atoms with E-state index in [0.29, 0.717) is 12.8 Å². The fraction of sp³-hybridized carbons (Fsp3) is 0.878. The number of carbonyl (C=O) groups excluding carboxylic acids is 1. The molecule has 0 bridgehead atoms. The first-order valence-corrected chi connectivity index (χ1v) is 22.7. The number of aliphatic hydroxyl groups excluding tert-OH is 5. The second kappa shape index (κ2) is 32.5. The topological polar surface area (TPSA) is 212 Å². The van der Waals surface area contributed by atoms with Crippen molar-refractivity contribution < 1.29 is 57.0 Å². The highest BCUT2D eigenvalue weighted by Crippen LogP contribution is 2.26. The van der Waals surface area contributed by atoms with Crippen molar-refractivity contribution in [1.29, 1.82) is 0 Å². The van der Waals surface area contributed by atoms with Gasteiger partial charge in [-0.25, -0.2) is 4.18 Å². The number of ether oxygens (including phenoxy) is 2. The van der Waals surface area contributed by atoms with Gasteiger partial charge >= 0.3 is 10.4 Å². The molecule has 14 heteroatoms. The van der Waals surface area contributed by atoms with Crippen LogP contribution in [-0.2, 0) is 28.9 Å². The molecule has 0 aliphatic carbocycles. The predicted molar refractivity (Wildman–Crippen MR) is 215 cm³/mol. The minimum absolute atomic E-state index is 0.235. The van der Waals surface area contributed by atoms with Crippen molar-refractivity contribution in [1.82, 2.24) is 5.32 Å². The number of amides is 1. The Morgan fingerprint density at radius 3 is 1.73 bits per heavy atom. The molecule has 13 nitrogen and oxygen atoms in total. The van der Waals surface area contributed by atoms with E-state index in [4.69, 9.17) is 14.0 Å². The molecule has 1 rings (SSSR count). The summed E-state index contributed by atoms with van der Waals surface area (Å²) in [5.41, 5.74) is 0. The largest absolute Gasteiger partial charge is 0.397 e. The Hall–Kier alpha value is -1.46. The molecule has 1 amide bonds. The Labute approximate surface area is 332 Å². The fourth-order valence-electron chi connectivity index (χ4n) is 6.63. The minimum Gasteiger partial charge on any atom is -0.394 e. The molecular weight excluding hydrogens is 731 g/mol. The van der Waals surface area contributed by atoms with E-state index in [2.05, 4.69) is 35.5 Å².